The Morgan fingerprint density at radius 2 is 2.05 bits per heavy atom. The van der Waals surface area contributed by atoms with Gasteiger partial charge in [-0.2, -0.15) is 5.26 Å². The molecule has 2 rings (SSSR count). The lowest BCUT2D eigenvalue weighted by Crippen LogP contribution is -2.33. The molecule has 19 heavy (non-hydrogen) atoms. The molecular formula is C16H21FN2. The van der Waals surface area contributed by atoms with Gasteiger partial charge in [-0.3, -0.25) is 0 Å². The summed E-state index contributed by atoms with van der Waals surface area (Å²) in [4.78, 5) is 0. The van der Waals surface area contributed by atoms with Crippen molar-refractivity contribution in [2.45, 2.75) is 51.6 Å². The van der Waals surface area contributed by atoms with Gasteiger partial charge >= 0.3 is 0 Å². The molecule has 0 radical (unpaired) electrons. The maximum Gasteiger partial charge on any atom is 0.124 e. The van der Waals surface area contributed by atoms with Gasteiger partial charge in [0, 0.05) is 12.6 Å². The molecule has 2 atom stereocenters. The summed E-state index contributed by atoms with van der Waals surface area (Å²) in [6, 6.07) is 7.05. The summed E-state index contributed by atoms with van der Waals surface area (Å²) in [5, 5.41) is 12.4. The molecule has 0 aliphatic heterocycles. The van der Waals surface area contributed by atoms with Crippen LogP contribution in [-0.2, 0) is 6.54 Å². The number of nitriles is 1. The predicted octanol–water partition coefficient (Wildman–Crippen LogP) is 3.76. The molecule has 1 N–H and O–H groups in total. The smallest absolute Gasteiger partial charge is 0.124 e. The highest BCUT2D eigenvalue weighted by Gasteiger charge is 2.19. The fraction of sp³-hybridized carbons (Fsp3) is 0.562. The maximum atomic E-state index is 13.3. The number of rotatable bonds is 3. The fourth-order valence-electron chi connectivity index (χ4n) is 2.86. The van der Waals surface area contributed by atoms with Gasteiger partial charge in [-0.15, -0.1) is 0 Å². The second-order valence-corrected chi connectivity index (χ2v) is 5.56. The normalized spacial score (nSPS) is 23.6. The zero-order chi connectivity index (χ0) is 13.7. The van der Waals surface area contributed by atoms with E-state index >= 15 is 0 Å². The van der Waals surface area contributed by atoms with Crippen LogP contribution in [0.1, 0.15) is 50.2 Å². The van der Waals surface area contributed by atoms with Crippen LogP contribution in [0.4, 0.5) is 4.39 Å². The molecule has 1 saturated carbocycles. The van der Waals surface area contributed by atoms with Gasteiger partial charge in [0.1, 0.15) is 5.82 Å². The first-order valence-corrected chi connectivity index (χ1v) is 7.12. The Balaban J connectivity index is 1.97. The highest BCUT2D eigenvalue weighted by molar-refractivity contribution is 5.33. The lowest BCUT2D eigenvalue weighted by molar-refractivity contribution is 0.356. The van der Waals surface area contributed by atoms with E-state index in [-0.39, 0.29) is 5.82 Å². The standard InChI is InChI=1S/C16H21FN2/c1-12-5-3-2-4-6-16(12)19-11-14-7-13(10-18)8-15(17)9-14/h7-9,12,16,19H,2-6,11H2,1H3. The molecule has 0 bridgehead atoms. The summed E-state index contributed by atoms with van der Waals surface area (Å²) in [6.45, 7) is 2.93. The summed E-state index contributed by atoms with van der Waals surface area (Å²) >= 11 is 0. The summed E-state index contributed by atoms with van der Waals surface area (Å²) < 4.78 is 13.3. The second kappa shape index (κ2) is 6.68. The van der Waals surface area contributed by atoms with Crippen LogP contribution in [0.2, 0.25) is 0 Å². The SMILES string of the molecule is CC1CCCCCC1NCc1cc(F)cc(C#N)c1. The number of nitrogens with one attached hydrogen (secondary N) is 1. The number of hydrogen-bond acceptors (Lipinski definition) is 2. The van der Waals surface area contributed by atoms with Crippen molar-refractivity contribution in [2.75, 3.05) is 0 Å². The molecule has 0 aromatic heterocycles. The van der Waals surface area contributed by atoms with Crippen molar-refractivity contribution in [3.8, 4) is 6.07 Å². The van der Waals surface area contributed by atoms with Crippen LogP contribution in [0.5, 0.6) is 0 Å². The third-order valence-corrected chi connectivity index (χ3v) is 4.02. The number of benzene rings is 1. The second-order valence-electron chi connectivity index (χ2n) is 5.56. The molecule has 2 unspecified atom stereocenters. The number of hydrogen-bond donors (Lipinski definition) is 1. The molecule has 0 spiro atoms. The minimum absolute atomic E-state index is 0.329. The van der Waals surface area contributed by atoms with Crippen molar-refractivity contribution in [3.05, 3.63) is 35.1 Å². The van der Waals surface area contributed by atoms with Crippen LogP contribution in [-0.4, -0.2) is 6.04 Å². The van der Waals surface area contributed by atoms with Gasteiger partial charge < -0.3 is 5.32 Å². The van der Waals surface area contributed by atoms with Crippen LogP contribution in [0.25, 0.3) is 0 Å². The average molecular weight is 260 g/mol. The van der Waals surface area contributed by atoms with Gasteiger partial charge in [0.05, 0.1) is 11.6 Å². The Morgan fingerprint density at radius 3 is 2.84 bits per heavy atom. The van der Waals surface area contributed by atoms with E-state index in [1.165, 1.54) is 44.2 Å². The number of halogens is 1. The maximum absolute atomic E-state index is 13.3. The zero-order valence-electron chi connectivity index (χ0n) is 11.5. The quantitative estimate of drug-likeness (QED) is 0.840. The third-order valence-electron chi connectivity index (χ3n) is 4.02. The van der Waals surface area contributed by atoms with Crippen molar-refractivity contribution < 1.29 is 4.39 Å². The van der Waals surface area contributed by atoms with Gasteiger partial charge in [0.25, 0.3) is 0 Å². The molecule has 3 heteroatoms. The van der Waals surface area contributed by atoms with Crippen molar-refractivity contribution in [2.24, 2.45) is 5.92 Å². The minimum Gasteiger partial charge on any atom is -0.310 e. The predicted molar refractivity (Wildman–Crippen MR) is 74.0 cm³/mol. The van der Waals surface area contributed by atoms with Crippen molar-refractivity contribution >= 4 is 0 Å². The van der Waals surface area contributed by atoms with Crippen LogP contribution in [0, 0.1) is 23.1 Å². The molecule has 1 aliphatic carbocycles. The molecule has 0 saturated heterocycles. The topological polar surface area (TPSA) is 35.8 Å². The van der Waals surface area contributed by atoms with Crippen molar-refractivity contribution in [3.63, 3.8) is 0 Å². The summed E-state index contributed by atoms with van der Waals surface area (Å²) in [6.07, 6.45) is 6.37. The van der Waals surface area contributed by atoms with E-state index in [4.69, 9.17) is 5.26 Å². The monoisotopic (exact) mass is 260 g/mol. The first kappa shape index (κ1) is 14.0. The average Bonchev–Trinajstić information content (AvgIpc) is 2.60. The van der Waals surface area contributed by atoms with Gasteiger partial charge in [0.15, 0.2) is 0 Å². The van der Waals surface area contributed by atoms with E-state index in [1.807, 2.05) is 6.07 Å². The zero-order valence-corrected chi connectivity index (χ0v) is 11.5. The van der Waals surface area contributed by atoms with Crippen molar-refractivity contribution in [1.29, 1.82) is 5.26 Å². The molecule has 102 valence electrons. The first-order valence-electron chi connectivity index (χ1n) is 7.12. The van der Waals surface area contributed by atoms with Gasteiger partial charge in [-0.05, 0) is 42.5 Å². The van der Waals surface area contributed by atoms with E-state index in [1.54, 1.807) is 6.07 Å². The Morgan fingerprint density at radius 1 is 1.26 bits per heavy atom. The van der Waals surface area contributed by atoms with Crippen molar-refractivity contribution in [1.82, 2.24) is 5.32 Å². The summed E-state index contributed by atoms with van der Waals surface area (Å²) in [5.74, 6) is 0.344. The largest absolute Gasteiger partial charge is 0.310 e. The van der Waals surface area contributed by atoms with Crippen LogP contribution in [0.3, 0.4) is 0 Å². The first-order chi connectivity index (χ1) is 9.19. The Labute approximate surface area is 114 Å². The van der Waals surface area contributed by atoms with E-state index < -0.39 is 0 Å². The molecule has 2 nitrogen and oxygen atoms in total. The van der Waals surface area contributed by atoms with E-state index in [0.717, 1.165) is 5.56 Å². The fourth-order valence-corrected chi connectivity index (χ4v) is 2.86. The Hall–Kier alpha value is -1.40. The van der Waals surface area contributed by atoms with E-state index in [9.17, 15) is 4.39 Å². The Bertz CT molecular complexity index is 464. The molecule has 0 heterocycles. The molecule has 0 amide bonds. The molecule has 1 aromatic carbocycles. The van der Waals surface area contributed by atoms with Crippen LogP contribution < -0.4 is 5.32 Å². The van der Waals surface area contributed by atoms with E-state index in [0.29, 0.717) is 24.1 Å². The van der Waals surface area contributed by atoms with Crippen LogP contribution >= 0.6 is 0 Å². The van der Waals surface area contributed by atoms with Gasteiger partial charge in [0.2, 0.25) is 0 Å². The van der Waals surface area contributed by atoms with Gasteiger partial charge in [-0.25, -0.2) is 4.39 Å². The lowest BCUT2D eigenvalue weighted by atomic mass is 9.96. The molecule has 1 aliphatic rings. The highest BCUT2D eigenvalue weighted by atomic mass is 19.1. The molecule has 1 fully saturated rings. The molecule has 1 aromatic rings. The third kappa shape index (κ3) is 4.04. The van der Waals surface area contributed by atoms with Crippen LogP contribution in [0.15, 0.2) is 18.2 Å². The highest BCUT2D eigenvalue weighted by Crippen LogP contribution is 2.23. The lowest BCUT2D eigenvalue weighted by Gasteiger charge is -2.23. The minimum atomic E-state index is -0.329. The summed E-state index contributed by atoms with van der Waals surface area (Å²) in [7, 11) is 0. The summed E-state index contributed by atoms with van der Waals surface area (Å²) in [5.41, 5.74) is 1.25. The van der Waals surface area contributed by atoms with E-state index in [2.05, 4.69) is 12.2 Å². The Kier molecular flexibility index (Phi) is 4.93. The number of nitrogens with zero attached hydrogens (tertiary/aromatic N) is 1. The molecular weight excluding hydrogens is 239 g/mol. The van der Waals surface area contributed by atoms with Gasteiger partial charge in [-0.1, -0.05) is 26.2 Å².